The molecule has 0 radical (unpaired) electrons. The van der Waals surface area contributed by atoms with Crippen LogP contribution in [0.3, 0.4) is 0 Å². The van der Waals surface area contributed by atoms with Crippen molar-refractivity contribution < 1.29 is 9.53 Å². The number of anilines is 2. The lowest BCUT2D eigenvalue weighted by molar-refractivity contribution is -0.149. The number of morpholine rings is 1. The summed E-state index contributed by atoms with van der Waals surface area (Å²) >= 11 is 0. The summed E-state index contributed by atoms with van der Waals surface area (Å²) in [5.74, 6) is 0.0495. The molecule has 0 N–H and O–H groups in total. The van der Waals surface area contributed by atoms with E-state index in [4.69, 9.17) is 4.74 Å². The van der Waals surface area contributed by atoms with Crippen molar-refractivity contribution in [3.8, 4) is 0 Å². The van der Waals surface area contributed by atoms with E-state index in [-0.39, 0.29) is 18.6 Å². The first-order chi connectivity index (χ1) is 14.8. The zero-order valence-electron chi connectivity index (χ0n) is 16.8. The van der Waals surface area contributed by atoms with Gasteiger partial charge in [-0.05, 0) is 28.8 Å². The first kappa shape index (κ1) is 18.6. The second-order valence-electron chi connectivity index (χ2n) is 7.75. The Morgan fingerprint density at radius 1 is 0.800 bits per heavy atom. The number of rotatable bonds is 4. The van der Waals surface area contributed by atoms with E-state index < -0.39 is 0 Å². The van der Waals surface area contributed by atoms with E-state index in [2.05, 4.69) is 77.7 Å². The molecule has 1 amide bonds. The van der Waals surface area contributed by atoms with Crippen molar-refractivity contribution in [1.82, 2.24) is 4.90 Å². The summed E-state index contributed by atoms with van der Waals surface area (Å²) in [5.41, 5.74) is 5.83. The SMILES string of the molecule is O=C1COC(CN2c3ccccc3C=Cc3ccccc32)CN1Cc1ccccc1. The van der Waals surface area contributed by atoms with Gasteiger partial charge in [-0.25, -0.2) is 0 Å². The van der Waals surface area contributed by atoms with Gasteiger partial charge in [-0.2, -0.15) is 0 Å². The Labute approximate surface area is 177 Å². The normalized spacial score (nSPS) is 18.0. The van der Waals surface area contributed by atoms with Crippen molar-refractivity contribution in [2.75, 3.05) is 24.6 Å². The fourth-order valence-corrected chi connectivity index (χ4v) is 4.21. The second-order valence-corrected chi connectivity index (χ2v) is 7.75. The number of amides is 1. The van der Waals surface area contributed by atoms with Crippen molar-refractivity contribution >= 4 is 29.4 Å². The molecule has 0 bridgehead atoms. The summed E-state index contributed by atoms with van der Waals surface area (Å²) in [5, 5.41) is 0. The molecule has 150 valence electrons. The van der Waals surface area contributed by atoms with Gasteiger partial charge in [0, 0.05) is 24.5 Å². The van der Waals surface area contributed by atoms with Gasteiger partial charge in [-0.1, -0.05) is 78.9 Å². The van der Waals surface area contributed by atoms with Gasteiger partial charge in [0.2, 0.25) is 5.91 Å². The van der Waals surface area contributed by atoms with Crippen LogP contribution in [0.1, 0.15) is 16.7 Å². The van der Waals surface area contributed by atoms with Crippen LogP contribution in [0.15, 0.2) is 78.9 Å². The number of carbonyl (C=O) groups excluding carboxylic acids is 1. The van der Waals surface area contributed by atoms with E-state index in [0.717, 1.165) is 16.9 Å². The van der Waals surface area contributed by atoms with Crippen molar-refractivity contribution in [1.29, 1.82) is 0 Å². The Hall–Kier alpha value is -3.37. The number of hydrogen-bond donors (Lipinski definition) is 0. The molecule has 2 aliphatic heterocycles. The highest BCUT2D eigenvalue weighted by molar-refractivity contribution is 5.88. The maximum atomic E-state index is 12.5. The van der Waals surface area contributed by atoms with E-state index in [1.807, 2.05) is 23.1 Å². The summed E-state index contributed by atoms with van der Waals surface area (Å²) in [4.78, 5) is 16.7. The van der Waals surface area contributed by atoms with E-state index in [1.54, 1.807) is 0 Å². The third-order valence-corrected chi connectivity index (χ3v) is 5.72. The molecule has 0 aromatic heterocycles. The summed E-state index contributed by atoms with van der Waals surface area (Å²) in [6.45, 7) is 2.03. The Kier molecular flexibility index (Phi) is 5.08. The van der Waals surface area contributed by atoms with Crippen molar-refractivity contribution in [3.63, 3.8) is 0 Å². The van der Waals surface area contributed by atoms with E-state index in [9.17, 15) is 4.79 Å². The molecule has 2 aliphatic rings. The Morgan fingerprint density at radius 3 is 2.07 bits per heavy atom. The largest absolute Gasteiger partial charge is 0.365 e. The molecule has 3 aromatic carbocycles. The molecule has 3 aromatic rings. The zero-order valence-corrected chi connectivity index (χ0v) is 16.8. The minimum atomic E-state index is -0.0642. The molecule has 1 saturated heterocycles. The lowest BCUT2D eigenvalue weighted by Gasteiger charge is -2.37. The predicted octanol–water partition coefficient (Wildman–Crippen LogP) is 4.74. The van der Waals surface area contributed by atoms with Gasteiger partial charge >= 0.3 is 0 Å². The highest BCUT2D eigenvalue weighted by Gasteiger charge is 2.29. The lowest BCUT2D eigenvalue weighted by Crippen LogP contribution is -2.49. The van der Waals surface area contributed by atoms with Gasteiger partial charge in [0.05, 0.1) is 12.6 Å². The molecule has 4 nitrogen and oxygen atoms in total. The van der Waals surface area contributed by atoms with Gasteiger partial charge in [-0.15, -0.1) is 0 Å². The third kappa shape index (κ3) is 3.74. The van der Waals surface area contributed by atoms with Crippen molar-refractivity contribution in [2.24, 2.45) is 0 Å². The maximum Gasteiger partial charge on any atom is 0.248 e. The van der Waals surface area contributed by atoms with Gasteiger partial charge in [-0.3, -0.25) is 4.79 Å². The van der Waals surface area contributed by atoms with E-state index in [0.29, 0.717) is 19.6 Å². The molecular formula is C26H24N2O2. The minimum Gasteiger partial charge on any atom is -0.365 e. The van der Waals surface area contributed by atoms with Crippen molar-refractivity contribution in [3.05, 3.63) is 95.6 Å². The predicted molar refractivity (Wildman–Crippen MR) is 120 cm³/mol. The first-order valence-corrected chi connectivity index (χ1v) is 10.3. The molecule has 4 heteroatoms. The van der Waals surface area contributed by atoms with Crippen LogP contribution in [0.5, 0.6) is 0 Å². The number of ether oxygens (including phenoxy) is 1. The van der Waals surface area contributed by atoms with Gasteiger partial charge < -0.3 is 14.5 Å². The summed E-state index contributed by atoms with van der Waals surface area (Å²) in [6, 6.07) is 27.0. The Balaban J connectivity index is 1.41. The van der Waals surface area contributed by atoms with Crippen LogP contribution < -0.4 is 4.90 Å². The van der Waals surface area contributed by atoms with Crippen molar-refractivity contribution in [2.45, 2.75) is 12.6 Å². The summed E-state index contributed by atoms with van der Waals surface area (Å²) < 4.78 is 5.98. The topological polar surface area (TPSA) is 32.8 Å². The Morgan fingerprint density at radius 2 is 1.40 bits per heavy atom. The number of fused-ring (bicyclic) bond motifs is 2. The van der Waals surface area contributed by atoms with Gasteiger partial charge in [0.25, 0.3) is 0 Å². The smallest absolute Gasteiger partial charge is 0.248 e. The highest BCUT2D eigenvalue weighted by atomic mass is 16.5. The number of carbonyl (C=O) groups is 1. The fraction of sp³-hybridized carbons (Fsp3) is 0.192. The molecule has 5 rings (SSSR count). The monoisotopic (exact) mass is 396 g/mol. The van der Waals surface area contributed by atoms with Crippen LogP contribution >= 0.6 is 0 Å². The van der Waals surface area contributed by atoms with Crippen LogP contribution in [0.25, 0.3) is 12.2 Å². The standard InChI is InChI=1S/C26H24N2O2/c29-26-19-30-23(17-27(26)16-20-8-2-1-3-9-20)18-28-24-12-6-4-10-21(24)14-15-22-11-5-7-13-25(22)28/h1-15,23H,16-19H2. The minimum absolute atomic E-state index is 0.0495. The average molecular weight is 396 g/mol. The van der Waals surface area contributed by atoms with Crippen LogP contribution in [0.2, 0.25) is 0 Å². The maximum absolute atomic E-state index is 12.5. The number of benzene rings is 3. The van der Waals surface area contributed by atoms with Gasteiger partial charge in [0.1, 0.15) is 6.61 Å². The first-order valence-electron chi connectivity index (χ1n) is 10.3. The molecular weight excluding hydrogens is 372 g/mol. The number of nitrogens with zero attached hydrogens (tertiary/aromatic N) is 2. The summed E-state index contributed by atoms with van der Waals surface area (Å²) in [7, 11) is 0. The zero-order chi connectivity index (χ0) is 20.3. The highest BCUT2D eigenvalue weighted by Crippen LogP contribution is 2.36. The Bertz CT molecular complexity index is 1030. The quantitative estimate of drug-likeness (QED) is 0.639. The molecule has 2 heterocycles. The van der Waals surface area contributed by atoms with Crippen LogP contribution in [0.4, 0.5) is 11.4 Å². The van der Waals surface area contributed by atoms with Crippen LogP contribution in [-0.4, -0.2) is 36.6 Å². The van der Waals surface area contributed by atoms with E-state index >= 15 is 0 Å². The van der Waals surface area contributed by atoms with Crippen LogP contribution in [0, 0.1) is 0 Å². The second kappa shape index (κ2) is 8.17. The molecule has 30 heavy (non-hydrogen) atoms. The van der Waals surface area contributed by atoms with E-state index in [1.165, 1.54) is 11.1 Å². The third-order valence-electron chi connectivity index (χ3n) is 5.72. The van der Waals surface area contributed by atoms with Gasteiger partial charge in [0.15, 0.2) is 0 Å². The number of para-hydroxylation sites is 2. The molecule has 0 spiro atoms. The molecule has 1 unspecified atom stereocenters. The average Bonchev–Trinajstić information content (AvgIpc) is 2.94. The molecule has 0 aliphatic carbocycles. The lowest BCUT2D eigenvalue weighted by atomic mass is 10.1. The fourth-order valence-electron chi connectivity index (χ4n) is 4.21. The number of hydrogen-bond acceptors (Lipinski definition) is 3. The molecule has 1 atom stereocenters. The summed E-state index contributed by atoms with van der Waals surface area (Å²) in [6.07, 6.45) is 4.27. The van der Waals surface area contributed by atoms with Crippen LogP contribution in [-0.2, 0) is 16.1 Å². The molecule has 0 saturated carbocycles. The molecule has 1 fully saturated rings.